The van der Waals surface area contributed by atoms with E-state index in [-0.39, 0.29) is 11.6 Å². The molecule has 0 aromatic rings. The molecule has 0 radical (unpaired) electrons. The molecule has 1 N–H and O–H groups in total. The van der Waals surface area contributed by atoms with Crippen LogP contribution in [0, 0.1) is 5.92 Å². The number of nitrogens with one attached hydrogen (secondary N) is 1. The SMILES string of the molecule is CCOCC(C)OCC(C)CNC(C)(C)C. The summed E-state index contributed by atoms with van der Waals surface area (Å²) in [6.45, 7) is 16.0. The van der Waals surface area contributed by atoms with Crippen molar-refractivity contribution in [2.45, 2.75) is 53.2 Å². The molecule has 0 aliphatic heterocycles. The summed E-state index contributed by atoms with van der Waals surface area (Å²) in [5.74, 6) is 0.531. The van der Waals surface area contributed by atoms with Crippen LogP contribution in [0.2, 0.25) is 0 Å². The molecule has 2 unspecified atom stereocenters. The van der Waals surface area contributed by atoms with E-state index < -0.39 is 0 Å². The van der Waals surface area contributed by atoms with Crippen molar-refractivity contribution in [2.75, 3.05) is 26.4 Å². The van der Waals surface area contributed by atoms with E-state index in [1.165, 1.54) is 0 Å². The Kier molecular flexibility index (Phi) is 7.98. The van der Waals surface area contributed by atoms with Crippen LogP contribution in [-0.4, -0.2) is 38.0 Å². The lowest BCUT2D eigenvalue weighted by Gasteiger charge is -2.24. The van der Waals surface area contributed by atoms with Crippen molar-refractivity contribution in [3.05, 3.63) is 0 Å². The Bertz CT molecular complexity index is 166. The average molecular weight is 231 g/mol. The molecule has 0 fully saturated rings. The van der Waals surface area contributed by atoms with E-state index in [4.69, 9.17) is 9.47 Å². The van der Waals surface area contributed by atoms with Gasteiger partial charge in [0.15, 0.2) is 0 Å². The van der Waals surface area contributed by atoms with Crippen LogP contribution in [0.15, 0.2) is 0 Å². The molecule has 0 aromatic carbocycles. The standard InChI is InChI=1S/C13H29NO2/c1-7-15-10-12(3)16-9-11(2)8-14-13(4,5)6/h11-12,14H,7-10H2,1-6H3. The van der Waals surface area contributed by atoms with Gasteiger partial charge in [0.2, 0.25) is 0 Å². The summed E-state index contributed by atoms with van der Waals surface area (Å²) in [7, 11) is 0. The Morgan fingerprint density at radius 3 is 2.25 bits per heavy atom. The predicted molar refractivity (Wildman–Crippen MR) is 68.8 cm³/mol. The topological polar surface area (TPSA) is 30.5 Å². The first-order chi connectivity index (χ1) is 7.35. The molecule has 3 heteroatoms. The second kappa shape index (κ2) is 8.04. The molecule has 0 saturated carbocycles. The molecule has 0 spiro atoms. The van der Waals surface area contributed by atoms with Gasteiger partial charge in [-0.2, -0.15) is 0 Å². The van der Waals surface area contributed by atoms with Crippen molar-refractivity contribution < 1.29 is 9.47 Å². The van der Waals surface area contributed by atoms with Crippen molar-refractivity contribution in [1.82, 2.24) is 5.32 Å². The minimum atomic E-state index is 0.186. The van der Waals surface area contributed by atoms with Gasteiger partial charge in [0.05, 0.1) is 19.3 Å². The Hall–Kier alpha value is -0.120. The van der Waals surface area contributed by atoms with Gasteiger partial charge in [-0.15, -0.1) is 0 Å². The van der Waals surface area contributed by atoms with Gasteiger partial charge in [-0.1, -0.05) is 6.92 Å². The Morgan fingerprint density at radius 1 is 1.12 bits per heavy atom. The lowest BCUT2D eigenvalue weighted by Crippen LogP contribution is -2.39. The summed E-state index contributed by atoms with van der Waals surface area (Å²) < 4.78 is 11.0. The quantitative estimate of drug-likeness (QED) is 0.696. The molecular formula is C13H29NO2. The lowest BCUT2D eigenvalue weighted by molar-refractivity contribution is -0.0153. The van der Waals surface area contributed by atoms with Crippen molar-refractivity contribution in [3.63, 3.8) is 0 Å². The van der Waals surface area contributed by atoms with E-state index in [2.05, 4.69) is 39.9 Å². The third-order valence-electron chi connectivity index (χ3n) is 2.20. The van der Waals surface area contributed by atoms with Gasteiger partial charge in [0.25, 0.3) is 0 Å². The number of rotatable bonds is 8. The molecule has 0 amide bonds. The maximum Gasteiger partial charge on any atom is 0.0780 e. The molecule has 0 aliphatic rings. The van der Waals surface area contributed by atoms with E-state index >= 15 is 0 Å². The summed E-state index contributed by atoms with van der Waals surface area (Å²) in [4.78, 5) is 0. The first kappa shape index (κ1) is 15.9. The molecule has 0 bridgehead atoms. The lowest BCUT2D eigenvalue weighted by atomic mass is 10.1. The molecule has 0 rings (SSSR count). The highest BCUT2D eigenvalue weighted by molar-refractivity contribution is 4.71. The molecule has 16 heavy (non-hydrogen) atoms. The Balaban J connectivity index is 3.53. The highest BCUT2D eigenvalue weighted by Crippen LogP contribution is 2.03. The first-order valence-electron chi connectivity index (χ1n) is 6.29. The molecule has 3 nitrogen and oxygen atoms in total. The fourth-order valence-electron chi connectivity index (χ4n) is 1.20. The van der Waals surface area contributed by atoms with Crippen LogP contribution in [0.4, 0.5) is 0 Å². The summed E-state index contributed by atoms with van der Waals surface area (Å²) >= 11 is 0. The molecule has 0 aromatic heterocycles. The van der Waals surface area contributed by atoms with E-state index in [0.717, 1.165) is 19.8 Å². The van der Waals surface area contributed by atoms with Crippen LogP contribution in [0.1, 0.15) is 41.5 Å². The maximum atomic E-state index is 5.71. The third kappa shape index (κ3) is 10.4. The zero-order chi connectivity index (χ0) is 12.6. The molecular weight excluding hydrogens is 202 g/mol. The van der Waals surface area contributed by atoms with E-state index in [1.54, 1.807) is 0 Å². The average Bonchev–Trinajstić information content (AvgIpc) is 2.19. The van der Waals surface area contributed by atoms with Gasteiger partial charge in [0.1, 0.15) is 0 Å². The molecule has 0 saturated heterocycles. The third-order valence-corrected chi connectivity index (χ3v) is 2.20. The molecule has 0 heterocycles. The molecule has 2 atom stereocenters. The maximum absolute atomic E-state index is 5.71. The van der Waals surface area contributed by atoms with Crippen LogP contribution in [0.25, 0.3) is 0 Å². The number of ether oxygens (including phenoxy) is 2. The van der Waals surface area contributed by atoms with Crippen molar-refractivity contribution in [3.8, 4) is 0 Å². The smallest absolute Gasteiger partial charge is 0.0780 e. The van der Waals surface area contributed by atoms with Gasteiger partial charge in [-0.3, -0.25) is 0 Å². The zero-order valence-corrected chi connectivity index (χ0v) is 11.8. The molecule has 98 valence electrons. The fraction of sp³-hybridized carbons (Fsp3) is 1.00. The van der Waals surface area contributed by atoms with Crippen LogP contribution < -0.4 is 5.32 Å². The monoisotopic (exact) mass is 231 g/mol. The van der Waals surface area contributed by atoms with Crippen LogP contribution >= 0.6 is 0 Å². The summed E-state index contributed by atoms with van der Waals surface area (Å²) in [5.41, 5.74) is 0.186. The normalized spacial score (nSPS) is 16.1. The van der Waals surface area contributed by atoms with Gasteiger partial charge in [0, 0.05) is 18.7 Å². The van der Waals surface area contributed by atoms with E-state index in [0.29, 0.717) is 12.5 Å². The summed E-state index contributed by atoms with van der Waals surface area (Å²) in [6.07, 6.45) is 0.192. The fourth-order valence-corrected chi connectivity index (χ4v) is 1.20. The molecule has 0 aliphatic carbocycles. The largest absolute Gasteiger partial charge is 0.379 e. The zero-order valence-electron chi connectivity index (χ0n) is 11.8. The van der Waals surface area contributed by atoms with Crippen molar-refractivity contribution in [1.29, 1.82) is 0 Å². The number of hydrogen-bond acceptors (Lipinski definition) is 3. The summed E-state index contributed by atoms with van der Waals surface area (Å²) in [6, 6.07) is 0. The van der Waals surface area contributed by atoms with Gasteiger partial charge < -0.3 is 14.8 Å². The first-order valence-corrected chi connectivity index (χ1v) is 6.29. The highest BCUT2D eigenvalue weighted by atomic mass is 16.5. The predicted octanol–water partition coefficient (Wildman–Crippen LogP) is 2.45. The van der Waals surface area contributed by atoms with Crippen LogP contribution in [0.3, 0.4) is 0 Å². The van der Waals surface area contributed by atoms with Gasteiger partial charge in [-0.25, -0.2) is 0 Å². The minimum Gasteiger partial charge on any atom is -0.379 e. The van der Waals surface area contributed by atoms with Crippen LogP contribution in [0.5, 0.6) is 0 Å². The Morgan fingerprint density at radius 2 is 1.75 bits per heavy atom. The Labute approximate surface area is 101 Å². The number of hydrogen-bond donors (Lipinski definition) is 1. The minimum absolute atomic E-state index is 0.186. The van der Waals surface area contributed by atoms with E-state index in [1.807, 2.05) is 6.92 Å². The van der Waals surface area contributed by atoms with Gasteiger partial charge in [-0.05, 0) is 40.5 Å². The van der Waals surface area contributed by atoms with Crippen molar-refractivity contribution >= 4 is 0 Å². The second-order valence-electron chi connectivity index (χ2n) is 5.54. The van der Waals surface area contributed by atoms with Crippen LogP contribution in [-0.2, 0) is 9.47 Å². The second-order valence-corrected chi connectivity index (χ2v) is 5.54. The van der Waals surface area contributed by atoms with E-state index in [9.17, 15) is 0 Å². The van der Waals surface area contributed by atoms with Crippen molar-refractivity contribution in [2.24, 2.45) is 5.92 Å². The highest BCUT2D eigenvalue weighted by Gasteiger charge is 2.12. The van der Waals surface area contributed by atoms with Gasteiger partial charge >= 0.3 is 0 Å². The summed E-state index contributed by atoms with van der Waals surface area (Å²) in [5, 5.41) is 3.48.